The summed E-state index contributed by atoms with van der Waals surface area (Å²) in [6.07, 6.45) is 1.89. The van der Waals surface area contributed by atoms with E-state index in [1.807, 2.05) is 48.9 Å². The summed E-state index contributed by atoms with van der Waals surface area (Å²) in [5, 5.41) is 16.8. The number of aryl methyl sites for hydroxylation is 1. The van der Waals surface area contributed by atoms with Crippen LogP contribution in [-0.2, 0) is 20.9 Å². The van der Waals surface area contributed by atoms with E-state index in [4.69, 9.17) is 21.6 Å². The topological polar surface area (TPSA) is 97.0 Å². The van der Waals surface area contributed by atoms with Crippen LogP contribution in [0.25, 0.3) is 6.08 Å². The predicted octanol–water partition coefficient (Wildman–Crippen LogP) is 4.66. The first kappa shape index (κ1) is 23.8. The molecule has 168 valence electrons. The van der Waals surface area contributed by atoms with E-state index in [1.54, 1.807) is 24.3 Å². The molecule has 7 nitrogen and oxygen atoms in total. The summed E-state index contributed by atoms with van der Waals surface area (Å²) in [7, 11) is 0. The minimum absolute atomic E-state index is 0.418. The summed E-state index contributed by atoms with van der Waals surface area (Å²) in [6, 6.07) is 16.0. The molecule has 1 amide bonds. The van der Waals surface area contributed by atoms with Crippen LogP contribution < -0.4 is 5.32 Å². The summed E-state index contributed by atoms with van der Waals surface area (Å²) in [4.78, 5) is 24.6. The lowest BCUT2D eigenvalue weighted by molar-refractivity contribution is -0.148. The van der Waals surface area contributed by atoms with Crippen LogP contribution in [0.2, 0.25) is 5.02 Å². The number of esters is 1. The molecule has 8 heteroatoms. The third-order valence-electron chi connectivity index (χ3n) is 5.02. The third kappa shape index (κ3) is 6.09. The molecule has 3 rings (SSSR count). The van der Waals surface area contributed by atoms with Crippen molar-refractivity contribution in [1.29, 1.82) is 5.26 Å². The molecule has 1 N–H and O–H groups in total. The lowest BCUT2D eigenvalue weighted by Gasteiger charge is -2.12. The Morgan fingerprint density at radius 2 is 2.00 bits per heavy atom. The van der Waals surface area contributed by atoms with Gasteiger partial charge in [-0.2, -0.15) is 10.4 Å². The van der Waals surface area contributed by atoms with E-state index >= 15 is 0 Å². The van der Waals surface area contributed by atoms with Gasteiger partial charge in [-0.05, 0) is 56.7 Å². The van der Waals surface area contributed by atoms with Gasteiger partial charge in [-0.1, -0.05) is 35.9 Å². The van der Waals surface area contributed by atoms with Gasteiger partial charge in [0.2, 0.25) is 0 Å². The average molecular weight is 463 g/mol. The summed E-state index contributed by atoms with van der Waals surface area (Å²) in [5.41, 5.74) is 4.24. The predicted molar refractivity (Wildman–Crippen MR) is 127 cm³/mol. The van der Waals surface area contributed by atoms with E-state index in [-0.39, 0.29) is 0 Å². The Labute approximate surface area is 197 Å². The number of anilines is 1. The normalized spacial score (nSPS) is 11.7. The van der Waals surface area contributed by atoms with Crippen LogP contribution in [0.5, 0.6) is 0 Å². The Morgan fingerprint density at radius 1 is 1.24 bits per heavy atom. The molecular formula is C25H23ClN4O3. The van der Waals surface area contributed by atoms with Gasteiger partial charge in [0.15, 0.2) is 6.10 Å². The van der Waals surface area contributed by atoms with Gasteiger partial charge in [0, 0.05) is 28.0 Å². The molecule has 1 atom stereocenters. The summed E-state index contributed by atoms with van der Waals surface area (Å²) >= 11 is 6.25. The molecule has 1 heterocycles. The Balaban J connectivity index is 1.63. The molecule has 33 heavy (non-hydrogen) atoms. The number of hydrogen-bond acceptors (Lipinski definition) is 5. The number of hydrogen-bond donors (Lipinski definition) is 1. The standard InChI is InChI=1S/C25H23ClN4O3/c1-16-22(17(2)30(29-16)15-20-8-4-5-10-23(20)26)11-12-24(31)33-18(3)25(32)28-21-9-6-7-19(13-21)14-27/h4-13,18H,15H2,1-3H3,(H,28,32)/b12-11+. The smallest absolute Gasteiger partial charge is 0.331 e. The maximum absolute atomic E-state index is 12.3. The number of nitriles is 1. The lowest BCUT2D eigenvalue weighted by Crippen LogP contribution is -2.29. The first-order chi connectivity index (χ1) is 15.8. The second-order valence-corrected chi connectivity index (χ2v) is 7.84. The number of nitrogens with one attached hydrogen (secondary N) is 1. The zero-order valence-corrected chi connectivity index (χ0v) is 19.3. The van der Waals surface area contributed by atoms with Crippen LogP contribution in [0, 0.1) is 25.2 Å². The van der Waals surface area contributed by atoms with Crippen LogP contribution in [0.4, 0.5) is 5.69 Å². The maximum Gasteiger partial charge on any atom is 0.331 e. The van der Waals surface area contributed by atoms with Gasteiger partial charge in [0.25, 0.3) is 5.91 Å². The number of halogens is 1. The molecule has 1 aromatic heterocycles. The Hall–Kier alpha value is -3.89. The van der Waals surface area contributed by atoms with Gasteiger partial charge in [-0.15, -0.1) is 0 Å². The van der Waals surface area contributed by atoms with Crippen LogP contribution >= 0.6 is 11.6 Å². The lowest BCUT2D eigenvalue weighted by atomic mass is 10.1. The van der Waals surface area contributed by atoms with Gasteiger partial charge in [-0.25, -0.2) is 4.79 Å². The van der Waals surface area contributed by atoms with Crippen molar-refractivity contribution in [2.75, 3.05) is 5.32 Å². The largest absolute Gasteiger partial charge is 0.449 e. The zero-order valence-electron chi connectivity index (χ0n) is 18.5. The molecule has 0 radical (unpaired) electrons. The molecule has 0 fully saturated rings. The van der Waals surface area contributed by atoms with E-state index in [0.29, 0.717) is 22.8 Å². The van der Waals surface area contributed by atoms with Crippen LogP contribution in [0.1, 0.15) is 35.0 Å². The highest BCUT2D eigenvalue weighted by Crippen LogP contribution is 2.20. The number of aromatic nitrogens is 2. The fraction of sp³-hybridized carbons (Fsp3) is 0.200. The second kappa shape index (κ2) is 10.6. The maximum atomic E-state index is 12.3. The first-order valence-corrected chi connectivity index (χ1v) is 10.6. The third-order valence-corrected chi connectivity index (χ3v) is 5.39. The van der Waals surface area contributed by atoms with Crippen molar-refractivity contribution in [2.24, 2.45) is 0 Å². The van der Waals surface area contributed by atoms with E-state index < -0.39 is 18.0 Å². The number of benzene rings is 2. The highest BCUT2D eigenvalue weighted by molar-refractivity contribution is 6.31. The number of carbonyl (C=O) groups is 2. The van der Waals surface area contributed by atoms with Crippen molar-refractivity contribution in [2.45, 2.75) is 33.4 Å². The average Bonchev–Trinajstić information content (AvgIpc) is 3.06. The molecule has 0 aliphatic heterocycles. The zero-order chi connectivity index (χ0) is 24.0. The van der Waals surface area contributed by atoms with E-state index in [0.717, 1.165) is 22.5 Å². The van der Waals surface area contributed by atoms with Crippen molar-refractivity contribution < 1.29 is 14.3 Å². The monoisotopic (exact) mass is 462 g/mol. The molecule has 0 saturated heterocycles. The number of amides is 1. The number of carbonyl (C=O) groups excluding carboxylic acids is 2. The second-order valence-electron chi connectivity index (χ2n) is 7.43. The molecule has 0 bridgehead atoms. The Morgan fingerprint density at radius 3 is 2.73 bits per heavy atom. The van der Waals surface area contributed by atoms with Crippen molar-refractivity contribution in [3.8, 4) is 6.07 Å². The fourth-order valence-electron chi connectivity index (χ4n) is 3.22. The Kier molecular flexibility index (Phi) is 7.65. The van der Waals surface area contributed by atoms with Crippen LogP contribution in [0.3, 0.4) is 0 Å². The van der Waals surface area contributed by atoms with Gasteiger partial charge < -0.3 is 10.1 Å². The van der Waals surface area contributed by atoms with E-state index in [9.17, 15) is 9.59 Å². The first-order valence-electron chi connectivity index (χ1n) is 10.3. The number of nitrogens with zero attached hydrogens (tertiary/aromatic N) is 3. The summed E-state index contributed by atoms with van der Waals surface area (Å²) < 4.78 is 7.04. The van der Waals surface area contributed by atoms with E-state index in [2.05, 4.69) is 10.4 Å². The van der Waals surface area contributed by atoms with Gasteiger partial charge >= 0.3 is 5.97 Å². The molecular weight excluding hydrogens is 440 g/mol. The van der Waals surface area contributed by atoms with Gasteiger partial charge in [0.05, 0.1) is 23.9 Å². The number of ether oxygens (including phenoxy) is 1. The SMILES string of the molecule is Cc1nn(Cc2ccccc2Cl)c(C)c1/C=C/C(=O)OC(C)C(=O)Nc1cccc(C#N)c1. The Bertz CT molecular complexity index is 1260. The number of rotatable bonds is 7. The van der Waals surface area contributed by atoms with E-state index in [1.165, 1.54) is 19.1 Å². The molecule has 0 spiro atoms. The highest BCUT2D eigenvalue weighted by Gasteiger charge is 2.17. The molecule has 3 aromatic rings. The molecule has 0 saturated carbocycles. The minimum Gasteiger partial charge on any atom is -0.449 e. The van der Waals surface area contributed by atoms with Crippen molar-refractivity contribution in [3.63, 3.8) is 0 Å². The summed E-state index contributed by atoms with van der Waals surface area (Å²) in [5.74, 6) is -1.15. The van der Waals surface area contributed by atoms with Crippen LogP contribution in [0.15, 0.2) is 54.6 Å². The summed E-state index contributed by atoms with van der Waals surface area (Å²) in [6.45, 7) is 5.75. The van der Waals surface area contributed by atoms with Gasteiger partial charge in [-0.3, -0.25) is 9.48 Å². The minimum atomic E-state index is -1.02. The molecule has 2 aromatic carbocycles. The van der Waals surface area contributed by atoms with Crippen molar-refractivity contribution >= 4 is 35.2 Å². The molecule has 0 aliphatic carbocycles. The van der Waals surface area contributed by atoms with Crippen molar-refractivity contribution in [3.05, 3.63) is 87.7 Å². The quantitative estimate of drug-likeness (QED) is 0.407. The van der Waals surface area contributed by atoms with Crippen molar-refractivity contribution in [1.82, 2.24) is 9.78 Å². The van der Waals surface area contributed by atoms with Gasteiger partial charge in [0.1, 0.15) is 0 Å². The molecule has 0 aliphatic rings. The highest BCUT2D eigenvalue weighted by atomic mass is 35.5. The molecule has 1 unspecified atom stereocenters. The fourth-order valence-corrected chi connectivity index (χ4v) is 3.42. The van der Waals surface area contributed by atoms with Crippen LogP contribution in [-0.4, -0.2) is 27.8 Å².